The summed E-state index contributed by atoms with van der Waals surface area (Å²) in [5.41, 5.74) is 5.08. The highest BCUT2D eigenvalue weighted by Gasteiger charge is 2.02. The first-order chi connectivity index (χ1) is 9.15. The fourth-order valence-corrected chi connectivity index (χ4v) is 1.71. The van der Waals surface area contributed by atoms with E-state index in [1.807, 2.05) is 31.2 Å². The van der Waals surface area contributed by atoms with Gasteiger partial charge in [0.15, 0.2) is 0 Å². The first kappa shape index (κ1) is 13.3. The molecule has 2 rings (SSSR count). The van der Waals surface area contributed by atoms with Crippen molar-refractivity contribution < 1.29 is 4.79 Å². The number of hydrazone groups is 1. The largest absolute Gasteiger partial charge is 0.271 e. The van der Waals surface area contributed by atoms with E-state index in [1.54, 1.807) is 30.5 Å². The third-order valence-corrected chi connectivity index (χ3v) is 2.78. The van der Waals surface area contributed by atoms with Crippen LogP contribution in [-0.2, 0) is 0 Å². The van der Waals surface area contributed by atoms with Crippen LogP contribution in [0.5, 0.6) is 0 Å². The lowest BCUT2D eigenvalue weighted by Crippen LogP contribution is -2.17. The highest BCUT2D eigenvalue weighted by molar-refractivity contribution is 6.30. The zero-order chi connectivity index (χ0) is 13.7. The number of hydrogen-bond donors (Lipinski definition) is 1. The fraction of sp³-hybridized carbons (Fsp3) is 0.0667. The molecule has 1 N–H and O–H groups in total. The molecule has 0 saturated carbocycles. The van der Waals surface area contributed by atoms with Gasteiger partial charge in [0.2, 0.25) is 0 Å². The molecule has 2 aromatic rings. The smallest absolute Gasteiger partial charge is 0.267 e. The Hall–Kier alpha value is -2.13. The molecule has 96 valence electrons. The van der Waals surface area contributed by atoms with Gasteiger partial charge in [0.1, 0.15) is 0 Å². The maximum absolute atomic E-state index is 11.7. The van der Waals surface area contributed by atoms with E-state index in [1.165, 1.54) is 0 Å². The summed E-state index contributed by atoms with van der Waals surface area (Å²) < 4.78 is 0. The summed E-state index contributed by atoms with van der Waals surface area (Å²) in [5.74, 6) is -0.263. The third kappa shape index (κ3) is 3.93. The number of nitrogens with zero attached hydrogens (tertiary/aromatic N) is 1. The quantitative estimate of drug-likeness (QED) is 0.675. The van der Waals surface area contributed by atoms with Crippen molar-refractivity contribution in [3.63, 3.8) is 0 Å². The summed E-state index contributed by atoms with van der Waals surface area (Å²) in [6, 6.07) is 14.5. The van der Waals surface area contributed by atoms with Gasteiger partial charge in [0.25, 0.3) is 5.91 Å². The van der Waals surface area contributed by atoms with Gasteiger partial charge < -0.3 is 0 Å². The average Bonchev–Trinajstić information content (AvgIpc) is 2.39. The standard InChI is InChI=1S/C15H13ClN2O/c1-11-3-2-4-12(9-11)10-17-18-15(19)13-5-7-14(16)8-6-13/h2-10H,1H3,(H,18,19). The Morgan fingerprint density at radius 3 is 2.63 bits per heavy atom. The molecule has 0 saturated heterocycles. The molecule has 0 atom stereocenters. The van der Waals surface area contributed by atoms with Crippen LogP contribution in [0.15, 0.2) is 53.6 Å². The van der Waals surface area contributed by atoms with E-state index in [-0.39, 0.29) is 5.91 Å². The lowest BCUT2D eigenvalue weighted by molar-refractivity contribution is 0.0955. The second kappa shape index (κ2) is 6.16. The zero-order valence-electron chi connectivity index (χ0n) is 10.4. The van der Waals surface area contributed by atoms with Crippen LogP contribution < -0.4 is 5.43 Å². The topological polar surface area (TPSA) is 41.5 Å². The van der Waals surface area contributed by atoms with Gasteiger partial charge in [-0.3, -0.25) is 4.79 Å². The second-order valence-electron chi connectivity index (χ2n) is 4.12. The van der Waals surface area contributed by atoms with Crippen LogP contribution in [0.4, 0.5) is 0 Å². The molecule has 0 bridgehead atoms. The molecule has 19 heavy (non-hydrogen) atoms. The Bertz CT molecular complexity index is 606. The van der Waals surface area contributed by atoms with Gasteiger partial charge in [-0.25, -0.2) is 5.43 Å². The Balaban J connectivity index is 1.98. The van der Waals surface area contributed by atoms with Crippen LogP contribution in [0.3, 0.4) is 0 Å². The van der Waals surface area contributed by atoms with E-state index in [0.717, 1.165) is 11.1 Å². The number of halogens is 1. The summed E-state index contributed by atoms with van der Waals surface area (Å²) in [7, 11) is 0. The van der Waals surface area contributed by atoms with E-state index < -0.39 is 0 Å². The molecular weight excluding hydrogens is 260 g/mol. The minimum atomic E-state index is -0.263. The van der Waals surface area contributed by atoms with Gasteiger partial charge in [-0.05, 0) is 36.8 Å². The predicted octanol–water partition coefficient (Wildman–Crippen LogP) is 3.41. The Morgan fingerprint density at radius 2 is 1.95 bits per heavy atom. The van der Waals surface area contributed by atoms with Crippen molar-refractivity contribution in [1.29, 1.82) is 0 Å². The lowest BCUT2D eigenvalue weighted by Gasteiger charge is -2.00. The molecule has 3 nitrogen and oxygen atoms in total. The highest BCUT2D eigenvalue weighted by atomic mass is 35.5. The Morgan fingerprint density at radius 1 is 1.21 bits per heavy atom. The molecule has 0 aliphatic rings. The van der Waals surface area contributed by atoms with E-state index >= 15 is 0 Å². The molecule has 4 heteroatoms. The Labute approximate surface area is 116 Å². The summed E-state index contributed by atoms with van der Waals surface area (Å²) in [4.78, 5) is 11.7. The van der Waals surface area contributed by atoms with Crippen molar-refractivity contribution in [2.24, 2.45) is 5.10 Å². The molecule has 0 aliphatic carbocycles. The first-order valence-corrected chi connectivity index (χ1v) is 6.18. The van der Waals surface area contributed by atoms with E-state index in [2.05, 4.69) is 10.5 Å². The Kier molecular flexibility index (Phi) is 4.31. The van der Waals surface area contributed by atoms with Gasteiger partial charge in [-0.1, -0.05) is 41.4 Å². The minimum absolute atomic E-state index is 0.263. The van der Waals surface area contributed by atoms with Crippen molar-refractivity contribution in [3.05, 3.63) is 70.2 Å². The van der Waals surface area contributed by atoms with Crippen LogP contribution in [-0.4, -0.2) is 12.1 Å². The molecule has 1 amide bonds. The average molecular weight is 273 g/mol. The molecule has 0 spiro atoms. The van der Waals surface area contributed by atoms with Crippen LogP contribution in [0.1, 0.15) is 21.5 Å². The summed E-state index contributed by atoms with van der Waals surface area (Å²) in [5, 5.41) is 4.52. The van der Waals surface area contributed by atoms with Crippen LogP contribution in [0.25, 0.3) is 0 Å². The van der Waals surface area contributed by atoms with Gasteiger partial charge in [0, 0.05) is 10.6 Å². The van der Waals surface area contributed by atoms with Gasteiger partial charge in [-0.2, -0.15) is 5.10 Å². The number of hydrogen-bond acceptors (Lipinski definition) is 2. The fourth-order valence-electron chi connectivity index (χ4n) is 1.58. The summed E-state index contributed by atoms with van der Waals surface area (Å²) >= 11 is 5.75. The van der Waals surface area contributed by atoms with Crippen LogP contribution in [0, 0.1) is 6.92 Å². The highest BCUT2D eigenvalue weighted by Crippen LogP contribution is 2.09. The van der Waals surface area contributed by atoms with Gasteiger partial charge in [0.05, 0.1) is 6.21 Å². The van der Waals surface area contributed by atoms with Crippen molar-refractivity contribution in [2.75, 3.05) is 0 Å². The van der Waals surface area contributed by atoms with Crippen molar-refractivity contribution >= 4 is 23.7 Å². The zero-order valence-corrected chi connectivity index (χ0v) is 11.2. The summed E-state index contributed by atoms with van der Waals surface area (Å²) in [6.45, 7) is 2.00. The maximum Gasteiger partial charge on any atom is 0.271 e. The number of carbonyl (C=O) groups excluding carboxylic acids is 1. The minimum Gasteiger partial charge on any atom is -0.267 e. The number of benzene rings is 2. The maximum atomic E-state index is 11.7. The molecular formula is C15H13ClN2O. The van der Waals surface area contributed by atoms with Crippen molar-refractivity contribution in [2.45, 2.75) is 6.92 Å². The lowest BCUT2D eigenvalue weighted by atomic mass is 10.2. The molecule has 0 radical (unpaired) electrons. The molecule has 0 aliphatic heterocycles. The summed E-state index contributed by atoms with van der Waals surface area (Å²) in [6.07, 6.45) is 1.61. The van der Waals surface area contributed by atoms with E-state index in [4.69, 9.17) is 11.6 Å². The molecule has 0 aromatic heterocycles. The SMILES string of the molecule is Cc1cccc(C=NNC(=O)c2ccc(Cl)cc2)c1. The molecule has 0 unspecified atom stereocenters. The number of aryl methyl sites for hydroxylation is 1. The molecule has 2 aromatic carbocycles. The number of rotatable bonds is 3. The number of amides is 1. The molecule has 0 fully saturated rings. The first-order valence-electron chi connectivity index (χ1n) is 5.81. The van der Waals surface area contributed by atoms with Crippen molar-refractivity contribution in [3.8, 4) is 0 Å². The molecule has 0 heterocycles. The number of nitrogens with one attached hydrogen (secondary N) is 1. The second-order valence-corrected chi connectivity index (χ2v) is 4.56. The van der Waals surface area contributed by atoms with E-state index in [9.17, 15) is 4.79 Å². The number of carbonyl (C=O) groups is 1. The monoisotopic (exact) mass is 272 g/mol. The van der Waals surface area contributed by atoms with Gasteiger partial charge >= 0.3 is 0 Å². The third-order valence-electron chi connectivity index (χ3n) is 2.53. The predicted molar refractivity (Wildman–Crippen MR) is 77.7 cm³/mol. The van der Waals surface area contributed by atoms with Crippen LogP contribution >= 0.6 is 11.6 Å². The van der Waals surface area contributed by atoms with E-state index in [0.29, 0.717) is 10.6 Å². The normalized spacial score (nSPS) is 10.6. The van der Waals surface area contributed by atoms with Gasteiger partial charge in [-0.15, -0.1) is 0 Å². The van der Waals surface area contributed by atoms with Crippen molar-refractivity contribution in [1.82, 2.24) is 5.43 Å². The van der Waals surface area contributed by atoms with Crippen LogP contribution in [0.2, 0.25) is 5.02 Å².